The normalized spacial score (nSPS) is 10.6. The van der Waals surface area contributed by atoms with E-state index in [1.54, 1.807) is 37.0 Å². The summed E-state index contributed by atoms with van der Waals surface area (Å²) in [5.74, 6) is -0.339. The third kappa shape index (κ3) is 2.83. The molecule has 0 unspecified atom stereocenters. The Kier molecular flexibility index (Phi) is 3.99. The second-order valence-electron chi connectivity index (χ2n) is 5.52. The van der Waals surface area contributed by atoms with Crippen molar-refractivity contribution >= 4 is 17.4 Å². The monoisotopic (exact) mass is 323 g/mol. The van der Waals surface area contributed by atoms with Crippen LogP contribution in [0.15, 0.2) is 36.9 Å². The lowest BCUT2D eigenvalue weighted by Gasteiger charge is -2.06. The van der Waals surface area contributed by atoms with E-state index in [4.69, 9.17) is 0 Å². The number of ketones is 1. The van der Waals surface area contributed by atoms with Crippen LogP contribution in [0.3, 0.4) is 0 Å². The molecule has 2 aromatic heterocycles. The smallest absolute Gasteiger partial charge is 0.272 e. The predicted molar refractivity (Wildman–Crippen MR) is 89.6 cm³/mol. The Labute approximate surface area is 138 Å². The molecule has 1 amide bonds. The summed E-state index contributed by atoms with van der Waals surface area (Å²) in [6, 6.07) is 7.23. The van der Waals surface area contributed by atoms with Gasteiger partial charge in [-0.3, -0.25) is 9.59 Å². The average molecular weight is 323 g/mol. The third-order valence-corrected chi connectivity index (χ3v) is 3.83. The summed E-state index contributed by atoms with van der Waals surface area (Å²) < 4.78 is 1.63. The van der Waals surface area contributed by atoms with Crippen molar-refractivity contribution in [2.24, 2.45) is 0 Å². The number of hydrogen-bond acceptors (Lipinski definition) is 4. The number of nitrogens with zero attached hydrogens (tertiary/aromatic N) is 3. The number of benzene rings is 1. The summed E-state index contributed by atoms with van der Waals surface area (Å²) in [5.41, 5.74) is 3.83. The van der Waals surface area contributed by atoms with Crippen molar-refractivity contribution in [2.75, 3.05) is 5.32 Å². The third-order valence-electron chi connectivity index (χ3n) is 3.83. The van der Waals surface area contributed by atoms with Crippen LogP contribution in [0.5, 0.6) is 0 Å². The second-order valence-corrected chi connectivity index (χ2v) is 5.52. The first-order valence-corrected chi connectivity index (χ1v) is 7.44. The molecule has 0 saturated carbocycles. The van der Waals surface area contributed by atoms with Crippen molar-refractivity contribution in [2.45, 2.75) is 20.8 Å². The molecule has 0 spiro atoms. The molecule has 0 aliphatic rings. The van der Waals surface area contributed by atoms with E-state index in [2.05, 4.69) is 20.4 Å². The zero-order chi connectivity index (χ0) is 17.3. The molecule has 0 bridgehead atoms. The molecule has 7 nitrogen and oxygen atoms in total. The highest BCUT2D eigenvalue weighted by Gasteiger charge is 2.19. The fraction of sp³-hybridized carbons (Fsp3) is 0.176. The van der Waals surface area contributed by atoms with Crippen molar-refractivity contribution in [3.8, 4) is 5.69 Å². The van der Waals surface area contributed by atoms with Crippen LogP contribution in [0.2, 0.25) is 0 Å². The van der Waals surface area contributed by atoms with Gasteiger partial charge in [-0.15, -0.1) is 0 Å². The molecular weight excluding hydrogens is 306 g/mol. The summed E-state index contributed by atoms with van der Waals surface area (Å²) >= 11 is 0. The number of anilines is 1. The van der Waals surface area contributed by atoms with Gasteiger partial charge in [0.1, 0.15) is 18.3 Å². The summed E-state index contributed by atoms with van der Waals surface area (Å²) in [5, 5.41) is 6.87. The van der Waals surface area contributed by atoms with Gasteiger partial charge in [0, 0.05) is 16.9 Å². The zero-order valence-electron chi connectivity index (χ0n) is 13.6. The van der Waals surface area contributed by atoms with Gasteiger partial charge in [-0.2, -0.15) is 5.10 Å². The molecule has 0 atom stereocenters. The largest absolute Gasteiger partial charge is 0.354 e. The number of Topliss-reactive ketones (excluding diaryl/α,β-unsaturated/α-hetero) is 1. The number of aromatic nitrogens is 4. The first-order valence-electron chi connectivity index (χ1n) is 7.44. The van der Waals surface area contributed by atoms with E-state index in [0.29, 0.717) is 28.2 Å². The number of amides is 1. The number of aryl methyl sites for hydroxylation is 1. The van der Waals surface area contributed by atoms with E-state index >= 15 is 0 Å². The minimum absolute atomic E-state index is 0.0579. The van der Waals surface area contributed by atoms with Gasteiger partial charge in [0.25, 0.3) is 5.91 Å². The highest BCUT2D eigenvalue weighted by molar-refractivity contribution is 6.07. The van der Waals surface area contributed by atoms with Crippen molar-refractivity contribution in [1.82, 2.24) is 19.7 Å². The molecule has 24 heavy (non-hydrogen) atoms. The van der Waals surface area contributed by atoms with Crippen LogP contribution in [0.4, 0.5) is 5.69 Å². The fourth-order valence-electron chi connectivity index (χ4n) is 2.74. The number of rotatable bonds is 4. The molecule has 0 radical (unpaired) electrons. The Morgan fingerprint density at radius 3 is 2.42 bits per heavy atom. The van der Waals surface area contributed by atoms with Crippen molar-refractivity contribution < 1.29 is 9.59 Å². The number of nitrogens with one attached hydrogen (secondary N) is 2. The maximum absolute atomic E-state index is 12.5. The van der Waals surface area contributed by atoms with Gasteiger partial charge in [-0.25, -0.2) is 9.67 Å². The van der Waals surface area contributed by atoms with Gasteiger partial charge in [0.15, 0.2) is 5.78 Å². The molecular formula is C17H17N5O2. The van der Waals surface area contributed by atoms with Crippen molar-refractivity contribution in [1.29, 1.82) is 0 Å². The number of aromatic amines is 1. The van der Waals surface area contributed by atoms with Crippen LogP contribution in [-0.4, -0.2) is 31.4 Å². The maximum atomic E-state index is 12.5. The quantitative estimate of drug-likeness (QED) is 0.722. The maximum Gasteiger partial charge on any atom is 0.272 e. The molecule has 2 N–H and O–H groups in total. The van der Waals surface area contributed by atoms with Gasteiger partial charge in [-0.1, -0.05) is 0 Å². The minimum Gasteiger partial charge on any atom is -0.354 e. The number of carbonyl (C=O) groups excluding carboxylic acids is 2. The lowest BCUT2D eigenvalue weighted by atomic mass is 10.1. The summed E-state index contributed by atoms with van der Waals surface area (Å²) in [6.45, 7) is 5.05. The fourth-order valence-corrected chi connectivity index (χ4v) is 2.74. The molecule has 7 heteroatoms. The van der Waals surface area contributed by atoms with E-state index in [1.165, 1.54) is 13.3 Å². The highest BCUT2D eigenvalue weighted by Crippen LogP contribution is 2.20. The Balaban J connectivity index is 1.80. The molecule has 2 heterocycles. The molecule has 1 aromatic carbocycles. The molecule has 122 valence electrons. The van der Waals surface area contributed by atoms with Gasteiger partial charge < -0.3 is 10.3 Å². The van der Waals surface area contributed by atoms with Crippen LogP contribution < -0.4 is 5.32 Å². The van der Waals surface area contributed by atoms with E-state index in [1.807, 2.05) is 12.1 Å². The molecule has 0 aliphatic heterocycles. The van der Waals surface area contributed by atoms with E-state index in [0.717, 1.165) is 5.69 Å². The standard InChI is InChI=1S/C17H17N5O2/c1-10-15(12(3)23)11(2)20-16(10)17(24)21-13-4-6-14(7-5-13)22-9-18-8-19-22/h4-9,20H,1-3H3,(H,21,24). The van der Waals surface area contributed by atoms with E-state index in [9.17, 15) is 9.59 Å². The first-order chi connectivity index (χ1) is 11.5. The van der Waals surface area contributed by atoms with Gasteiger partial charge >= 0.3 is 0 Å². The van der Waals surface area contributed by atoms with Gasteiger partial charge in [0.05, 0.1) is 5.69 Å². The summed E-state index contributed by atoms with van der Waals surface area (Å²) in [6.07, 6.45) is 3.06. The minimum atomic E-state index is -0.281. The number of H-pyrrole nitrogens is 1. The van der Waals surface area contributed by atoms with Crippen molar-refractivity contribution in [3.05, 3.63) is 59.4 Å². The number of carbonyl (C=O) groups is 2. The van der Waals surface area contributed by atoms with Gasteiger partial charge in [-0.05, 0) is 50.6 Å². The van der Waals surface area contributed by atoms with Crippen LogP contribution in [0.1, 0.15) is 39.0 Å². The van der Waals surface area contributed by atoms with Crippen LogP contribution in [0, 0.1) is 13.8 Å². The predicted octanol–water partition coefficient (Wildman–Crippen LogP) is 2.67. The summed E-state index contributed by atoms with van der Waals surface area (Å²) in [4.78, 5) is 31.0. The Bertz CT molecular complexity index is 892. The highest BCUT2D eigenvalue weighted by atomic mass is 16.2. The van der Waals surface area contributed by atoms with Crippen LogP contribution in [0.25, 0.3) is 5.69 Å². The topological polar surface area (TPSA) is 92.7 Å². The number of hydrogen-bond donors (Lipinski definition) is 2. The lowest BCUT2D eigenvalue weighted by Crippen LogP contribution is -2.14. The SMILES string of the molecule is CC(=O)c1c(C)[nH]c(C(=O)Nc2ccc(-n3cncn3)cc2)c1C. The van der Waals surface area contributed by atoms with Gasteiger partial charge in [0.2, 0.25) is 0 Å². The zero-order valence-corrected chi connectivity index (χ0v) is 13.6. The van der Waals surface area contributed by atoms with E-state index in [-0.39, 0.29) is 11.7 Å². The molecule has 0 aliphatic carbocycles. The average Bonchev–Trinajstić information content (AvgIpc) is 3.16. The lowest BCUT2D eigenvalue weighted by molar-refractivity contribution is 0.101. The summed E-state index contributed by atoms with van der Waals surface area (Å²) in [7, 11) is 0. The Morgan fingerprint density at radius 1 is 1.17 bits per heavy atom. The molecule has 3 aromatic rings. The van der Waals surface area contributed by atoms with Crippen molar-refractivity contribution in [3.63, 3.8) is 0 Å². The molecule has 0 fully saturated rings. The second kappa shape index (κ2) is 6.11. The van der Waals surface area contributed by atoms with Crippen LogP contribution in [-0.2, 0) is 0 Å². The molecule has 0 saturated heterocycles. The molecule has 3 rings (SSSR count). The Hall–Kier alpha value is -3.22. The van der Waals surface area contributed by atoms with Crippen LogP contribution >= 0.6 is 0 Å². The Morgan fingerprint density at radius 2 is 1.88 bits per heavy atom. The van der Waals surface area contributed by atoms with E-state index < -0.39 is 0 Å². The first kappa shape index (κ1) is 15.7.